The van der Waals surface area contributed by atoms with Gasteiger partial charge in [-0.2, -0.15) is 0 Å². The molecular weight excluding hydrogens is 234 g/mol. The van der Waals surface area contributed by atoms with Crippen LogP contribution >= 0.6 is 11.6 Å². The van der Waals surface area contributed by atoms with Gasteiger partial charge in [-0.15, -0.1) is 0 Å². The highest BCUT2D eigenvalue weighted by atomic mass is 35.5. The second kappa shape index (κ2) is 4.94. The predicted molar refractivity (Wildman–Crippen MR) is 70.5 cm³/mol. The van der Waals surface area contributed by atoms with Crippen molar-refractivity contribution in [2.75, 3.05) is 7.05 Å². The van der Waals surface area contributed by atoms with E-state index in [-0.39, 0.29) is 6.04 Å². The van der Waals surface area contributed by atoms with Crippen LogP contribution in [0.1, 0.15) is 28.7 Å². The molecule has 1 heterocycles. The largest absolute Gasteiger partial charge is 0.464 e. The molecule has 0 amide bonds. The van der Waals surface area contributed by atoms with Gasteiger partial charge in [0.1, 0.15) is 11.5 Å². The molecule has 2 rings (SSSR count). The Labute approximate surface area is 107 Å². The van der Waals surface area contributed by atoms with Gasteiger partial charge in [0, 0.05) is 5.02 Å². The van der Waals surface area contributed by atoms with E-state index in [1.165, 1.54) is 0 Å². The standard InChI is InChI=1S/C14H16ClNO/c1-9-4-6-11(8-12(9)15)14(16-3)13-7-5-10(2)17-13/h4-8,14,16H,1-3H3. The van der Waals surface area contributed by atoms with Crippen molar-refractivity contribution in [3.8, 4) is 0 Å². The number of halogens is 1. The van der Waals surface area contributed by atoms with E-state index in [4.69, 9.17) is 16.0 Å². The van der Waals surface area contributed by atoms with E-state index in [9.17, 15) is 0 Å². The minimum absolute atomic E-state index is 0.0433. The van der Waals surface area contributed by atoms with Gasteiger partial charge in [-0.3, -0.25) is 0 Å². The molecule has 0 aliphatic carbocycles. The van der Waals surface area contributed by atoms with Gasteiger partial charge in [0.2, 0.25) is 0 Å². The Hall–Kier alpha value is -1.25. The van der Waals surface area contributed by atoms with Crippen LogP contribution in [0, 0.1) is 13.8 Å². The third-order valence-electron chi connectivity index (χ3n) is 2.86. The van der Waals surface area contributed by atoms with Crippen LogP contribution in [-0.2, 0) is 0 Å². The quantitative estimate of drug-likeness (QED) is 0.894. The van der Waals surface area contributed by atoms with Crippen molar-refractivity contribution >= 4 is 11.6 Å². The average molecular weight is 250 g/mol. The second-order valence-corrected chi connectivity index (χ2v) is 4.59. The van der Waals surface area contributed by atoms with E-state index in [2.05, 4.69) is 11.4 Å². The molecule has 90 valence electrons. The number of rotatable bonds is 3. The minimum Gasteiger partial charge on any atom is -0.464 e. The van der Waals surface area contributed by atoms with E-state index in [0.29, 0.717) is 0 Å². The van der Waals surface area contributed by atoms with Gasteiger partial charge in [-0.25, -0.2) is 0 Å². The summed E-state index contributed by atoms with van der Waals surface area (Å²) in [6, 6.07) is 10.1. The fourth-order valence-electron chi connectivity index (χ4n) is 1.87. The van der Waals surface area contributed by atoms with Gasteiger partial charge in [0.05, 0.1) is 6.04 Å². The van der Waals surface area contributed by atoms with Crippen LogP contribution in [0.2, 0.25) is 5.02 Å². The molecule has 3 heteroatoms. The summed E-state index contributed by atoms with van der Waals surface area (Å²) in [5.74, 6) is 1.82. The third-order valence-corrected chi connectivity index (χ3v) is 3.27. The average Bonchev–Trinajstić information content (AvgIpc) is 2.71. The Bertz CT molecular complexity index is 519. The fraction of sp³-hybridized carbons (Fsp3) is 0.286. The number of nitrogens with one attached hydrogen (secondary N) is 1. The highest BCUT2D eigenvalue weighted by Crippen LogP contribution is 2.27. The van der Waals surface area contributed by atoms with Crippen LogP contribution in [-0.4, -0.2) is 7.05 Å². The number of hydrogen-bond donors (Lipinski definition) is 1. The fourth-order valence-corrected chi connectivity index (χ4v) is 2.06. The van der Waals surface area contributed by atoms with Crippen LogP contribution in [0.4, 0.5) is 0 Å². The first-order chi connectivity index (χ1) is 8.11. The van der Waals surface area contributed by atoms with Crippen LogP contribution < -0.4 is 5.32 Å². The summed E-state index contributed by atoms with van der Waals surface area (Å²) in [5, 5.41) is 4.03. The zero-order valence-corrected chi connectivity index (χ0v) is 11.0. The molecule has 1 unspecified atom stereocenters. The lowest BCUT2D eigenvalue weighted by molar-refractivity contribution is 0.444. The monoisotopic (exact) mass is 249 g/mol. The number of aryl methyl sites for hydroxylation is 2. The Balaban J connectivity index is 2.38. The van der Waals surface area contributed by atoms with Gasteiger partial charge < -0.3 is 9.73 Å². The summed E-state index contributed by atoms with van der Waals surface area (Å²) in [4.78, 5) is 0. The molecular formula is C14H16ClNO. The minimum atomic E-state index is 0.0433. The molecule has 0 saturated carbocycles. The molecule has 0 spiro atoms. The summed E-state index contributed by atoms with van der Waals surface area (Å²) in [5.41, 5.74) is 2.19. The number of furan rings is 1. The normalized spacial score (nSPS) is 12.7. The van der Waals surface area contributed by atoms with E-state index in [0.717, 1.165) is 27.7 Å². The molecule has 2 nitrogen and oxygen atoms in total. The maximum atomic E-state index is 6.15. The van der Waals surface area contributed by atoms with Gasteiger partial charge in [0.15, 0.2) is 0 Å². The maximum absolute atomic E-state index is 6.15. The number of hydrogen-bond acceptors (Lipinski definition) is 2. The van der Waals surface area contributed by atoms with Crippen LogP contribution in [0.3, 0.4) is 0 Å². The Morgan fingerprint density at radius 1 is 1.18 bits per heavy atom. The third kappa shape index (κ3) is 2.54. The molecule has 1 aromatic carbocycles. The first-order valence-electron chi connectivity index (χ1n) is 5.61. The first-order valence-corrected chi connectivity index (χ1v) is 5.99. The van der Waals surface area contributed by atoms with Crippen molar-refractivity contribution in [1.82, 2.24) is 5.32 Å². The molecule has 0 aliphatic heterocycles. The Morgan fingerprint density at radius 2 is 1.94 bits per heavy atom. The van der Waals surface area contributed by atoms with Gasteiger partial charge in [0.25, 0.3) is 0 Å². The van der Waals surface area contributed by atoms with E-state index < -0.39 is 0 Å². The van der Waals surface area contributed by atoms with Crippen LogP contribution in [0.5, 0.6) is 0 Å². The van der Waals surface area contributed by atoms with Crippen molar-refractivity contribution < 1.29 is 4.42 Å². The molecule has 0 radical (unpaired) electrons. The summed E-state index contributed by atoms with van der Waals surface area (Å²) >= 11 is 6.15. The zero-order valence-electron chi connectivity index (χ0n) is 10.3. The highest BCUT2D eigenvalue weighted by Gasteiger charge is 2.16. The lowest BCUT2D eigenvalue weighted by atomic mass is 10.0. The SMILES string of the molecule is CNC(c1ccc(C)c(Cl)c1)c1ccc(C)o1. The highest BCUT2D eigenvalue weighted by molar-refractivity contribution is 6.31. The molecule has 0 saturated heterocycles. The molecule has 17 heavy (non-hydrogen) atoms. The van der Waals surface area contributed by atoms with Gasteiger partial charge in [-0.05, 0) is 50.2 Å². The van der Waals surface area contributed by atoms with E-state index in [1.807, 2.05) is 45.2 Å². The Kier molecular flexibility index (Phi) is 3.55. The van der Waals surface area contributed by atoms with Gasteiger partial charge >= 0.3 is 0 Å². The number of benzene rings is 1. The summed E-state index contributed by atoms with van der Waals surface area (Å²) in [6.45, 7) is 3.94. The molecule has 1 atom stereocenters. The second-order valence-electron chi connectivity index (χ2n) is 4.18. The van der Waals surface area contributed by atoms with Crippen molar-refractivity contribution in [3.63, 3.8) is 0 Å². The molecule has 1 aromatic heterocycles. The van der Waals surface area contributed by atoms with Crippen molar-refractivity contribution in [1.29, 1.82) is 0 Å². The molecule has 2 aromatic rings. The smallest absolute Gasteiger partial charge is 0.125 e. The summed E-state index contributed by atoms with van der Waals surface area (Å²) in [6.07, 6.45) is 0. The van der Waals surface area contributed by atoms with Crippen LogP contribution in [0.15, 0.2) is 34.7 Å². The lowest BCUT2D eigenvalue weighted by Crippen LogP contribution is -2.17. The van der Waals surface area contributed by atoms with Crippen molar-refractivity contribution in [3.05, 3.63) is 58.0 Å². The predicted octanol–water partition coefficient (Wildman–Crippen LogP) is 3.86. The van der Waals surface area contributed by atoms with Crippen LogP contribution in [0.25, 0.3) is 0 Å². The van der Waals surface area contributed by atoms with E-state index in [1.54, 1.807) is 0 Å². The van der Waals surface area contributed by atoms with Crippen molar-refractivity contribution in [2.45, 2.75) is 19.9 Å². The topological polar surface area (TPSA) is 25.2 Å². The maximum Gasteiger partial charge on any atom is 0.125 e. The van der Waals surface area contributed by atoms with Crippen molar-refractivity contribution in [2.24, 2.45) is 0 Å². The first kappa shape index (κ1) is 12.2. The molecule has 1 N–H and O–H groups in total. The molecule has 0 aliphatic rings. The molecule has 0 bridgehead atoms. The zero-order chi connectivity index (χ0) is 12.4. The summed E-state index contributed by atoms with van der Waals surface area (Å²) < 4.78 is 5.66. The van der Waals surface area contributed by atoms with E-state index >= 15 is 0 Å². The summed E-state index contributed by atoms with van der Waals surface area (Å²) in [7, 11) is 1.91. The van der Waals surface area contributed by atoms with Gasteiger partial charge in [-0.1, -0.05) is 23.7 Å². The Morgan fingerprint density at radius 3 is 2.47 bits per heavy atom. The lowest BCUT2D eigenvalue weighted by Gasteiger charge is -2.15. The molecule has 0 fully saturated rings.